The Morgan fingerprint density at radius 1 is 0.953 bits per heavy atom. The van der Waals surface area contributed by atoms with Crippen LogP contribution in [0.1, 0.15) is 35.6 Å². The van der Waals surface area contributed by atoms with Gasteiger partial charge < -0.3 is 20.1 Å². The first-order chi connectivity index (χ1) is 20.9. The van der Waals surface area contributed by atoms with E-state index in [0.717, 1.165) is 52.5 Å². The lowest BCUT2D eigenvalue weighted by Crippen LogP contribution is -2.44. The number of pyridine rings is 1. The van der Waals surface area contributed by atoms with Gasteiger partial charge in [-0.25, -0.2) is 19.7 Å². The third-order valence-corrected chi connectivity index (χ3v) is 7.51. The zero-order chi connectivity index (χ0) is 29.9. The molecule has 3 aromatic heterocycles. The van der Waals surface area contributed by atoms with Crippen LogP contribution < -0.4 is 10.2 Å². The summed E-state index contributed by atoms with van der Waals surface area (Å²) < 4.78 is 7.56. The monoisotopic (exact) mass is 576 g/mol. The van der Waals surface area contributed by atoms with Crippen molar-refractivity contribution in [3.05, 3.63) is 90.0 Å². The summed E-state index contributed by atoms with van der Waals surface area (Å²) in [7, 11) is 0. The predicted octanol–water partition coefficient (Wildman–Crippen LogP) is 4.79. The van der Waals surface area contributed by atoms with Gasteiger partial charge in [0.2, 0.25) is 0 Å². The standard InChI is InChI=1S/C33H32N6O4/c1-21(2)29(33(41)42)37-32(40)24-9-7-23(8-10-24)28-19-34-30(38-15-17-43-18-16-38)31-36-26(20-39(28)31)14-13-25-12-11-22-5-3-4-6-27(22)35-25/h3-14,19-21,29H,15-18H2,1-2H3,(H,37,40)(H,41,42). The molecule has 1 unspecified atom stereocenters. The molecule has 1 aliphatic heterocycles. The van der Waals surface area contributed by atoms with Crippen LogP contribution in [0.25, 0.3) is 40.0 Å². The van der Waals surface area contributed by atoms with E-state index in [1.165, 1.54) is 0 Å². The van der Waals surface area contributed by atoms with Crippen molar-refractivity contribution in [3.8, 4) is 11.3 Å². The van der Waals surface area contributed by atoms with Gasteiger partial charge in [-0.15, -0.1) is 0 Å². The van der Waals surface area contributed by atoms with Crippen LogP contribution in [0.3, 0.4) is 0 Å². The zero-order valence-electron chi connectivity index (χ0n) is 24.0. The number of aliphatic carboxylic acids is 1. The third kappa shape index (κ3) is 5.96. The molecule has 5 aromatic rings. The number of hydrogen-bond donors (Lipinski definition) is 2. The highest BCUT2D eigenvalue weighted by atomic mass is 16.5. The maximum Gasteiger partial charge on any atom is 0.326 e. The molecule has 2 aromatic carbocycles. The van der Waals surface area contributed by atoms with E-state index in [2.05, 4.69) is 16.3 Å². The summed E-state index contributed by atoms with van der Waals surface area (Å²) >= 11 is 0. The van der Waals surface area contributed by atoms with Crippen LogP contribution in [0.4, 0.5) is 5.82 Å². The van der Waals surface area contributed by atoms with Gasteiger partial charge in [-0.1, -0.05) is 50.2 Å². The SMILES string of the molecule is CC(C)C(NC(=O)c1ccc(-c2cnc(N3CCOCC3)c3nc(C=Cc4ccc5ccccc5n4)cn23)cc1)C(=O)O. The molecule has 1 atom stereocenters. The largest absolute Gasteiger partial charge is 0.480 e. The third-order valence-electron chi connectivity index (χ3n) is 7.51. The number of anilines is 1. The highest BCUT2D eigenvalue weighted by Gasteiger charge is 2.24. The minimum Gasteiger partial charge on any atom is -0.480 e. The van der Waals surface area contributed by atoms with Gasteiger partial charge in [-0.05, 0) is 42.3 Å². The van der Waals surface area contributed by atoms with Gasteiger partial charge in [0, 0.05) is 35.8 Å². The van der Waals surface area contributed by atoms with Crippen LogP contribution in [-0.2, 0) is 9.53 Å². The number of benzene rings is 2. The molecular formula is C33H32N6O4. The van der Waals surface area contributed by atoms with Gasteiger partial charge >= 0.3 is 5.97 Å². The number of morpholine rings is 1. The summed E-state index contributed by atoms with van der Waals surface area (Å²) in [6.45, 7) is 6.21. The Kier molecular flexibility index (Phi) is 7.84. The number of hydrogen-bond acceptors (Lipinski definition) is 7. The van der Waals surface area contributed by atoms with Crippen LogP contribution in [0.5, 0.6) is 0 Å². The lowest BCUT2D eigenvalue weighted by atomic mass is 10.0. The second kappa shape index (κ2) is 12.0. The Hall–Kier alpha value is -5.09. The fourth-order valence-electron chi connectivity index (χ4n) is 5.15. The van der Waals surface area contributed by atoms with Crippen LogP contribution >= 0.6 is 0 Å². The first kappa shape index (κ1) is 28.0. The number of rotatable bonds is 8. The van der Waals surface area contributed by atoms with Gasteiger partial charge in [-0.3, -0.25) is 9.20 Å². The molecule has 10 heteroatoms. The molecule has 2 N–H and O–H groups in total. The molecule has 1 fully saturated rings. The number of carboxylic acid groups (broad SMARTS) is 1. The van der Waals surface area contributed by atoms with Crippen LogP contribution in [0.2, 0.25) is 0 Å². The van der Waals surface area contributed by atoms with E-state index >= 15 is 0 Å². The second-order valence-corrected chi connectivity index (χ2v) is 10.8. The quantitative estimate of drug-likeness (QED) is 0.270. The minimum atomic E-state index is -1.06. The number of ether oxygens (including phenoxy) is 1. The molecule has 1 aliphatic rings. The van der Waals surface area contributed by atoms with Gasteiger partial charge in [0.1, 0.15) is 6.04 Å². The summed E-state index contributed by atoms with van der Waals surface area (Å²) in [5.74, 6) is -0.961. The topological polar surface area (TPSA) is 122 Å². The van der Waals surface area contributed by atoms with Crippen molar-refractivity contribution in [2.45, 2.75) is 19.9 Å². The van der Waals surface area contributed by atoms with E-state index in [1.807, 2.05) is 71.4 Å². The van der Waals surface area contributed by atoms with Crippen LogP contribution in [0.15, 0.2) is 73.1 Å². The summed E-state index contributed by atoms with van der Waals surface area (Å²) in [5, 5.41) is 13.1. The predicted molar refractivity (Wildman–Crippen MR) is 166 cm³/mol. The summed E-state index contributed by atoms with van der Waals surface area (Å²) in [6.07, 6.45) is 7.67. The number of amides is 1. The highest BCUT2D eigenvalue weighted by Crippen LogP contribution is 2.28. The number of carbonyl (C=O) groups excluding carboxylic acids is 1. The van der Waals surface area contributed by atoms with Gasteiger partial charge in [0.05, 0.1) is 42.0 Å². The zero-order valence-corrected chi connectivity index (χ0v) is 24.0. The van der Waals surface area contributed by atoms with Crippen molar-refractivity contribution in [3.63, 3.8) is 0 Å². The fourth-order valence-corrected chi connectivity index (χ4v) is 5.15. The second-order valence-electron chi connectivity index (χ2n) is 10.8. The molecule has 4 heterocycles. The molecule has 1 amide bonds. The lowest BCUT2D eigenvalue weighted by Gasteiger charge is -2.28. The number of para-hydroxylation sites is 1. The Bertz CT molecular complexity index is 1820. The van der Waals surface area contributed by atoms with E-state index < -0.39 is 17.9 Å². The lowest BCUT2D eigenvalue weighted by molar-refractivity contribution is -0.140. The molecule has 1 saturated heterocycles. The highest BCUT2D eigenvalue weighted by molar-refractivity contribution is 5.97. The van der Waals surface area contributed by atoms with Crippen LogP contribution in [0, 0.1) is 5.92 Å². The number of nitrogens with zero attached hydrogens (tertiary/aromatic N) is 5. The van der Waals surface area contributed by atoms with E-state index in [-0.39, 0.29) is 5.92 Å². The Balaban J connectivity index is 1.34. The summed E-state index contributed by atoms with van der Waals surface area (Å²) in [5.41, 5.74) is 5.25. The molecule has 0 aliphatic carbocycles. The van der Waals surface area contributed by atoms with Crippen molar-refractivity contribution in [1.29, 1.82) is 0 Å². The molecule has 43 heavy (non-hydrogen) atoms. The average Bonchev–Trinajstić information content (AvgIpc) is 3.46. The average molecular weight is 577 g/mol. The first-order valence-electron chi connectivity index (χ1n) is 14.3. The van der Waals surface area contributed by atoms with E-state index in [1.54, 1.807) is 26.0 Å². The molecule has 0 radical (unpaired) electrons. The molecular weight excluding hydrogens is 544 g/mol. The Morgan fingerprint density at radius 2 is 1.70 bits per heavy atom. The number of nitrogens with one attached hydrogen (secondary N) is 1. The molecule has 0 saturated carbocycles. The summed E-state index contributed by atoms with van der Waals surface area (Å²) in [4.78, 5) is 41.0. The maximum absolute atomic E-state index is 12.8. The smallest absolute Gasteiger partial charge is 0.326 e. The van der Waals surface area contributed by atoms with Crippen molar-refractivity contribution in [1.82, 2.24) is 24.7 Å². The molecule has 218 valence electrons. The summed E-state index contributed by atoms with van der Waals surface area (Å²) in [6, 6.07) is 18.1. The van der Waals surface area contributed by atoms with Gasteiger partial charge in [0.25, 0.3) is 5.91 Å². The molecule has 0 bridgehead atoms. The van der Waals surface area contributed by atoms with Crippen LogP contribution in [-0.4, -0.2) is 68.7 Å². The number of carbonyl (C=O) groups is 2. The van der Waals surface area contributed by atoms with E-state index in [4.69, 9.17) is 19.7 Å². The van der Waals surface area contributed by atoms with E-state index in [9.17, 15) is 14.7 Å². The molecule has 6 rings (SSSR count). The van der Waals surface area contributed by atoms with Crippen molar-refractivity contribution >= 4 is 46.4 Å². The first-order valence-corrected chi connectivity index (χ1v) is 14.3. The number of imidazole rings is 1. The number of fused-ring (bicyclic) bond motifs is 2. The van der Waals surface area contributed by atoms with E-state index in [0.29, 0.717) is 24.4 Å². The van der Waals surface area contributed by atoms with Crippen molar-refractivity contribution in [2.75, 3.05) is 31.2 Å². The van der Waals surface area contributed by atoms with Crippen molar-refractivity contribution < 1.29 is 19.4 Å². The fraction of sp³-hybridized carbons (Fsp3) is 0.242. The van der Waals surface area contributed by atoms with Crippen molar-refractivity contribution in [2.24, 2.45) is 5.92 Å². The van der Waals surface area contributed by atoms with Gasteiger partial charge in [0.15, 0.2) is 11.5 Å². The minimum absolute atomic E-state index is 0.244. The Morgan fingerprint density at radius 3 is 2.44 bits per heavy atom. The molecule has 10 nitrogen and oxygen atoms in total. The number of aromatic nitrogens is 4. The molecule has 0 spiro atoms. The Labute approximate surface area is 248 Å². The normalized spacial score (nSPS) is 14.5. The van der Waals surface area contributed by atoms with Gasteiger partial charge in [-0.2, -0.15) is 0 Å². The number of carboxylic acids is 1. The maximum atomic E-state index is 12.8.